The van der Waals surface area contributed by atoms with Crippen LogP contribution in [0, 0.1) is 10.1 Å². The van der Waals surface area contributed by atoms with Crippen molar-refractivity contribution in [3.05, 3.63) is 51.7 Å². The van der Waals surface area contributed by atoms with Gasteiger partial charge in [0.15, 0.2) is 0 Å². The number of thiol groups is 1. The quantitative estimate of drug-likeness (QED) is 0.520. The van der Waals surface area contributed by atoms with Crippen LogP contribution in [0.25, 0.3) is 0 Å². The third-order valence-electron chi connectivity index (χ3n) is 2.50. The van der Waals surface area contributed by atoms with Gasteiger partial charge in [-0.3, -0.25) is 10.1 Å². The van der Waals surface area contributed by atoms with Gasteiger partial charge in [0.2, 0.25) is 5.88 Å². The van der Waals surface area contributed by atoms with Crippen LogP contribution in [0.15, 0.2) is 30.5 Å². The maximum atomic E-state index is 12.8. The monoisotopic (exact) mass is 283 g/mol. The van der Waals surface area contributed by atoms with Gasteiger partial charge in [0, 0.05) is 18.3 Å². The van der Waals surface area contributed by atoms with Gasteiger partial charge in [0.05, 0.1) is 10.5 Å². The van der Waals surface area contributed by atoms with E-state index in [1.807, 2.05) is 0 Å². The van der Waals surface area contributed by atoms with Gasteiger partial charge in [0.1, 0.15) is 13.3 Å². The first-order valence-corrected chi connectivity index (χ1v) is 5.70. The minimum atomic E-state index is -0.790. The Hall–Kier alpha value is -2.09. The van der Waals surface area contributed by atoms with Crippen LogP contribution < -0.4 is 4.74 Å². The third kappa shape index (κ3) is 3.02. The molecule has 0 bridgehead atoms. The van der Waals surface area contributed by atoms with Crippen LogP contribution in [-0.2, 0) is 13.3 Å². The molecule has 0 saturated carbocycles. The minimum Gasteiger partial charge on any atom is -0.471 e. The molecule has 1 aromatic carbocycles. The minimum absolute atomic E-state index is 0.124. The van der Waals surface area contributed by atoms with Gasteiger partial charge in [-0.25, -0.2) is 8.48 Å². The molecule has 0 N–H and O–H groups in total. The zero-order valence-corrected chi connectivity index (χ0v) is 10.6. The van der Waals surface area contributed by atoms with Gasteiger partial charge in [-0.05, 0) is 18.4 Å². The topological polar surface area (TPSA) is 70.2 Å². The summed E-state index contributed by atoms with van der Waals surface area (Å²) in [5.74, 6) is 0.262. The lowest BCUT2D eigenvalue weighted by Crippen LogP contribution is -2.04. The molecule has 1 heterocycles. The molecule has 2 aromatic rings. The van der Waals surface area contributed by atoms with Crippen molar-refractivity contribution in [2.24, 2.45) is 0 Å². The van der Waals surface area contributed by atoms with E-state index in [9.17, 15) is 14.5 Å². The molecule has 2 rings (SSSR count). The van der Waals surface area contributed by atoms with Crippen LogP contribution in [-0.4, -0.2) is 14.1 Å². The predicted octanol–water partition coefficient (Wildman–Crippen LogP) is 2.53. The van der Waals surface area contributed by atoms with E-state index in [0.717, 1.165) is 0 Å². The highest BCUT2D eigenvalue weighted by molar-refractivity contribution is 7.78. The average molecular weight is 283 g/mol. The van der Waals surface area contributed by atoms with E-state index in [2.05, 4.69) is 17.9 Å². The molecule has 0 saturated heterocycles. The van der Waals surface area contributed by atoms with Crippen molar-refractivity contribution in [1.82, 2.24) is 9.19 Å². The van der Waals surface area contributed by atoms with Gasteiger partial charge in [0.25, 0.3) is 5.69 Å². The SMILES string of the molecule is O=[N+]([O-])c1cccc(CF)c1COc1ccn(S)n1. The number of ether oxygens (including phenoxy) is 1. The number of hydrogen-bond donors (Lipinski definition) is 1. The van der Waals surface area contributed by atoms with Crippen molar-refractivity contribution in [2.75, 3.05) is 0 Å². The van der Waals surface area contributed by atoms with Gasteiger partial charge >= 0.3 is 0 Å². The van der Waals surface area contributed by atoms with Crippen LogP contribution in [0.4, 0.5) is 10.1 Å². The number of nitro groups is 1. The molecule has 0 unspecified atom stereocenters. The second-order valence-electron chi connectivity index (χ2n) is 3.67. The Morgan fingerprint density at radius 1 is 1.47 bits per heavy atom. The highest BCUT2D eigenvalue weighted by Gasteiger charge is 2.18. The zero-order valence-electron chi connectivity index (χ0n) is 9.69. The van der Waals surface area contributed by atoms with Crippen LogP contribution in [0.5, 0.6) is 5.88 Å². The van der Waals surface area contributed by atoms with Crippen LogP contribution in [0.1, 0.15) is 11.1 Å². The van der Waals surface area contributed by atoms with Gasteiger partial charge in [-0.15, -0.1) is 5.10 Å². The first kappa shape index (κ1) is 13.3. The van der Waals surface area contributed by atoms with E-state index in [0.29, 0.717) is 0 Å². The first-order valence-electron chi connectivity index (χ1n) is 5.30. The average Bonchev–Trinajstić information content (AvgIpc) is 2.81. The second kappa shape index (κ2) is 5.70. The summed E-state index contributed by atoms with van der Waals surface area (Å²) in [5, 5.41) is 14.8. The van der Waals surface area contributed by atoms with Gasteiger partial charge in [-0.2, -0.15) is 0 Å². The number of halogens is 1. The lowest BCUT2D eigenvalue weighted by atomic mass is 10.1. The number of aromatic nitrogens is 2. The third-order valence-corrected chi connectivity index (χ3v) is 2.73. The summed E-state index contributed by atoms with van der Waals surface area (Å²) >= 11 is 3.93. The van der Waals surface area contributed by atoms with E-state index in [-0.39, 0.29) is 29.3 Å². The molecule has 19 heavy (non-hydrogen) atoms. The maximum absolute atomic E-state index is 12.8. The number of alkyl halides is 1. The molecule has 1 aromatic heterocycles. The molecule has 0 fully saturated rings. The Kier molecular flexibility index (Phi) is 4.00. The first-order chi connectivity index (χ1) is 9.11. The summed E-state index contributed by atoms with van der Waals surface area (Å²) in [6, 6.07) is 5.80. The highest BCUT2D eigenvalue weighted by atomic mass is 32.1. The molecule has 6 nitrogen and oxygen atoms in total. The van der Waals surface area contributed by atoms with Crippen molar-refractivity contribution < 1.29 is 14.1 Å². The summed E-state index contributed by atoms with van der Waals surface area (Å²) in [7, 11) is 0. The Balaban J connectivity index is 2.25. The van der Waals surface area contributed by atoms with E-state index in [4.69, 9.17) is 4.74 Å². The Bertz CT molecular complexity index is 603. The summed E-state index contributed by atoms with van der Waals surface area (Å²) < 4.78 is 19.4. The molecule has 100 valence electrons. The van der Waals surface area contributed by atoms with Crippen molar-refractivity contribution in [3.63, 3.8) is 0 Å². The summed E-state index contributed by atoms with van der Waals surface area (Å²) in [4.78, 5) is 10.3. The molecule has 0 amide bonds. The Morgan fingerprint density at radius 3 is 2.84 bits per heavy atom. The molecule has 0 radical (unpaired) electrons. The lowest BCUT2D eigenvalue weighted by molar-refractivity contribution is -0.385. The summed E-state index contributed by atoms with van der Waals surface area (Å²) in [6.07, 6.45) is 1.55. The number of nitrogens with zero attached hydrogens (tertiary/aromatic N) is 3. The molecule has 0 aliphatic heterocycles. The molecule has 8 heteroatoms. The Morgan fingerprint density at radius 2 is 2.26 bits per heavy atom. The molecule has 0 spiro atoms. The van der Waals surface area contributed by atoms with E-state index >= 15 is 0 Å². The normalized spacial score (nSPS) is 10.4. The Labute approximate surface area is 113 Å². The molecule has 0 aliphatic rings. The van der Waals surface area contributed by atoms with E-state index < -0.39 is 11.6 Å². The standard InChI is InChI=1S/C11H10FN3O3S/c12-6-8-2-1-3-10(15(16)17)9(8)7-18-11-4-5-14(19)13-11/h1-5,19H,6-7H2. The number of nitro benzene ring substituents is 1. The van der Waals surface area contributed by atoms with E-state index in [1.54, 1.807) is 12.3 Å². The second-order valence-corrected chi connectivity index (χ2v) is 4.08. The zero-order chi connectivity index (χ0) is 13.8. The van der Waals surface area contributed by atoms with Crippen LogP contribution >= 0.6 is 12.8 Å². The predicted molar refractivity (Wildman–Crippen MR) is 68.9 cm³/mol. The van der Waals surface area contributed by atoms with Crippen molar-refractivity contribution in [1.29, 1.82) is 0 Å². The molecule has 0 atom stereocenters. The van der Waals surface area contributed by atoms with Crippen LogP contribution in [0.2, 0.25) is 0 Å². The summed E-state index contributed by atoms with van der Waals surface area (Å²) in [5.41, 5.74) is 0.281. The van der Waals surface area contributed by atoms with Crippen molar-refractivity contribution in [3.8, 4) is 5.88 Å². The van der Waals surface area contributed by atoms with Gasteiger partial charge < -0.3 is 4.74 Å². The number of benzene rings is 1. The number of hydrogen-bond acceptors (Lipinski definition) is 5. The smallest absolute Gasteiger partial charge is 0.276 e. The fourth-order valence-electron chi connectivity index (χ4n) is 1.61. The maximum Gasteiger partial charge on any atom is 0.276 e. The van der Waals surface area contributed by atoms with Crippen LogP contribution in [0.3, 0.4) is 0 Å². The highest BCUT2D eigenvalue weighted by Crippen LogP contribution is 2.24. The van der Waals surface area contributed by atoms with Crippen molar-refractivity contribution >= 4 is 18.5 Å². The largest absolute Gasteiger partial charge is 0.471 e. The molecular formula is C11H10FN3O3S. The van der Waals surface area contributed by atoms with Crippen molar-refractivity contribution in [2.45, 2.75) is 13.3 Å². The fourth-order valence-corrected chi connectivity index (χ4v) is 1.76. The van der Waals surface area contributed by atoms with E-state index in [1.165, 1.54) is 22.3 Å². The molecule has 0 aliphatic carbocycles. The fraction of sp³-hybridized carbons (Fsp3) is 0.182. The summed E-state index contributed by atoms with van der Waals surface area (Å²) in [6.45, 7) is -0.914. The molecular weight excluding hydrogens is 273 g/mol. The van der Waals surface area contributed by atoms with Gasteiger partial charge in [-0.1, -0.05) is 12.1 Å². The lowest BCUT2D eigenvalue weighted by Gasteiger charge is -2.07. The number of rotatable bonds is 5.